The second kappa shape index (κ2) is 8.63. The van der Waals surface area contributed by atoms with Crippen molar-refractivity contribution in [1.82, 2.24) is 0 Å². The highest BCUT2D eigenvalue weighted by Gasteiger charge is 2.38. The van der Waals surface area contributed by atoms with Gasteiger partial charge in [0.25, 0.3) is 0 Å². The van der Waals surface area contributed by atoms with Crippen molar-refractivity contribution in [2.24, 2.45) is 10.9 Å². The van der Waals surface area contributed by atoms with Gasteiger partial charge in [0.2, 0.25) is 0 Å². The third-order valence-electron chi connectivity index (χ3n) is 4.52. The summed E-state index contributed by atoms with van der Waals surface area (Å²) in [5, 5.41) is 12.2. The Bertz CT molecular complexity index is 1000. The molecule has 1 unspecified atom stereocenters. The van der Waals surface area contributed by atoms with Crippen molar-refractivity contribution >= 4 is 40.4 Å². The number of thiophene rings is 1. The zero-order chi connectivity index (χ0) is 20.3. The van der Waals surface area contributed by atoms with Crippen LogP contribution < -0.4 is 0 Å². The molecule has 4 nitrogen and oxygen atoms in total. The van der Waals surface area contributed by atoms with Gasteiger partial charge in [0.1, 0.15) is 16.6 Å². The third kappa shape index (κ3) is 4.13. The molecule has 1 aromatic heterocycles. The van der Waals surface area contributed by atoms with Gasteiger partial charge in [0, 0.05) is 22.1 Å². The van der Waals surface area contributed by atoms with E-state index in [0.717, 1.165) is 4.88 Å². The van der Waals surface area contributed by atoms with Crippen LogP contribution in [0.5, 0.6) is 0 Å². The van der Waals surface area contributed by atoms with Gasteiger partial charge < -0.3 is 0 Å². The van der Waals surface area contributed by atoms with Gasteiger partial charge in [-0.25, -0.2) is 9.38 Å². The number of aliphatic imine (C=N–C) groups is 1. The van der Waals surface area contributed by atoms with Crippen molar-refractivity contribution in [1.29, 1.82) is 5.26 Å². The molecule has 1 aliphatic heterocycles. The van der Waals surface area contributed by atoms with Crippen LogP contribution in [0.15, 0.2) is 57.4 Å². The number of thioether (sulfide) groups is 1. The molecule has 0 amide bonds. The van der Waals surface area contributed by atoms with Crippen LogP contribution in [0.1, 0.15) is 35.0 Å². The Morgan fingerprint density at radius 2 is 2.00 bits per heavy atom. The Morgan fingerprint density at radius 3 is 2.57 bits per heavy atom. The standard InChI is InChI=1S/C21H17FN2O2S2/c1-12-19(13(2)25)20(18-4-3-9-27-18)16(10-23)21(24-12)28-11-17(26)14-5-7-15(22)8-6-14/h3-9,19-20H,11H2,1-2H3/t19?,20-/m1/s1. The molecule has 28 heavy (non-hydrogen) atoms. The first kappa shape index (κ1) is 20.2. The smallest absolute Gasteiger partial charge is 0.173 e. The Labute approximate surface area is 170 Å². The summed E-state index contributed by atoms with van der Waals surface area (Å²) in [7, 11) is 0. The predicted octanol–water partition coefficient (Wildman–Crippen LogP) is 5.00. The molecule has 1 aliphatic rings. The number of Topliss-reactive ketones (excluding diaryl/α,β-unsaturated/α-hetero) is 2. The number of nitrogens with zero attached hydrogens (tertiary/aromatic N) is 2. The quantitative estimate of drug-likeness (QED) is 0.626. The number of hydrogen-bond donors (Lipinski definition) is 0. The summed E-state index contributed by atoms with van der Waals surface area (Å²) < 4.78 is 13.0. The second-order valence-electron chi connectivity index (χ2n) is 6.38. The first-order chi connectivity index (χ1) is 13.4. The van der Waals surface area contributed by atoms with Crippen LogP contribution in [0.25, 0.3) is 0 Å². The van der Waals surface area contributed by atoms with Gasteiger partial charge in [-0.2, -0.15) is 5.26 Å². The summed E-state index contributed by atoms with van der Waals surface area (Å²) in [4.78, 5) is 30.1. The van der Waals surface area contributed by atoms with Crippen LogP contribution in [0.2, 0.25) is 0 Å². The van der Waals surface area contributed by atoms with Crippen molar-refractivity contribution < 1.29 is 14.0 Å². The minimum atomic E-state index is -0.481. The van der Waals surface area contributed by atoms with Crippen molar-refractivity contribution in [2.75, 3.05) is 5.75 Å². The van der Waals surface area contributed by atoms with Gasteiger partial charge in [-0.05, 0) is 49.6 Å². The van der Waals surface area contributed by atoms with Crippen LogP contribution in [0.4, 0.5) is 4.39 Å². The Balaban J connectivity index is 1.91. The molecule has 142 valence electrons. The van der Waals surface area contributed by atoms with Crippen LogP contribution in [-0.4, -0.2) is 23.0 Å². The second-order valence-corrected chi connectivity index (χ2v) is 8.33. The molecular formula is C21H17FN2O2S2. The summed E-state index contributed by atoms with van der Waals surface area (Å²) in [6, 6.07) is 11.4. The molecule has 0 spiro atoms. The number of nitriles is 1. The minimum absolute atomic E-state index is 0.0427. The number of allylic oxidation sites excluding steroid dienone is 1. The number of ketones is 2. The lowest BCUT2D eigenvalue weighted by Gasteiger charge is -2.29. The molecule has 0 fully saturated rings. The maximum Gasteiger partial charge on any atom is 0.173 e. The van der Waals surface area contributed by atoms with E-state index in [1.165, 1.54) is 54.3 Å². The molecule has 0 radical (unpaired) electrons. The molecule has 7 heteroatoms. The number of halogens is 1. The lowest BCUT2D eigenvalue weighted by Crippen LogP contribution is -2.31. The number of hydrogen-bond acceptors (Lipinski definition) is 6. The van der Waals surface area contributed by atoms with Crippen molar-refractivity contribution in [3.8, 4) is 6.07 Å². The van der Waals surface area contributed by atoms with E-state index < -0.39 is 11.7 Å². The topological polar surface area (TPSA) is 70.3 Å². The van der Waals surface area contributed by atoms with Crippen LogP contribution in [0, 0.1) is 23.1 Å². The largest absolute Gasteiger partial charge is 0.299 e. The zero-order valence-electron chi connectivity index (χ0n) is 15.3. The van der Waals surface area contributed by atoms with Crippen LogP contribution in [-0.2, 0) is 4.79 Å². The normalized spacial score (nSPS) is 19.1. The molecule has 0 N–H and O–H groups in total. The van der Waals surface area contributed by atoms with E-state index >= 15 is 0 Å². The summed E-state index contributed by atoms with van der Waals surface area (Å²) in [6.45, 7) is 3.29. The fourth-order valence-electron chi connectivity index (χ4n) is 3.21. The highest BCUT2D eigenvalue weighted by Crippen LogP contribution is 2.43. The minimum Gasteiger partial charge on any atom is -0.299 e. The summed E-state index contributed by atoms with van der Waals surface area (Å²) >= 11 is 2.67. The summed E-state index contributed by atoms with van der Waals surface area (Å²) in [5.74, 6) is -1.41. The van der Waals surface area contributed by atoms with Crippen LogP contribution in [0.3, 0.4) is 0 Å². The van der Waals surface area contributed by atoms with Gasteiger partial charge >= 0.3 is 0 Å². The molecule has 2 atom stereocenters. The molecule has 0 aliphatic carbocycles. The summed E-state index contributed by atoms with van der Waals surface area (Å²) in [6.07, 6.45) is 0. The molecular weight excluding hydrogens is 395 g/mol. The predicted molar refractivity (Wildman–Crippen MR) is 110 cm³/mol. The van der Waals surface area contributed by atoms with Crippen molar-refractivity contribution in [3.63, 3.8) is 0 Å². The van der Waals surface area contributed by atoms with E-state index in [9.17, 15) is 19.2 Å². The number of rotatable bonds is 6. The Morgan fingerprint density at radius 1 is 1.29 bits per heavy atom. The fraction of sp³-hybridized carbons (Fsp3) is 0.238. The molecule has 0 bridgehead atoms. The van der Waals surface area contributed by atoms with E-state index in [0.29, 0.717) is 21.9 Å². The van der Waals surface area contributed by atoms with Crippen LogP contribution >= 0.6 is 23.1 Å². The highest BCUT2D eigenvalue weighted by atomic mass is 32.2. The molecule has 1 aromatic carbocycles. The molecule has 2 heterocycles. The fourth-order valence-corrected chi connectivity index (χ4v) is 5.06. The van der Waals surface area contributed by atoms with Crippen molar-refractivity contribution in [3.05, 3.63) is 68.6 Å². The number of carbonyl (C=O) groups excluding carboxylic acids is 2. The first-order valence-corrected chi connectivity index (χ1v) is 10.4. The number of benzene rings is 1. The molecule has 0 saturated carbocycles. The zero-order valence-corrected chi connectivity index (χ0v) is 16.9. The third-order valence-corrected chi connectivity index (χ3v) is 6.46. The van der Waals surface area contributed by atoms with E-state index in [4.69, 9.17) is 0 Å². The first-order valence-electron chi connectivity index (χ1n) is 8.57. The van der Waals surface area contributed by atoms with Gasteiger partial charge in [-0.1, -0.05) is 17.8 Å². The average Bonchev–Trinajstić information content (AvgIpc) is 3.20. The molecule has 0 saturated heterocycles. The maximum atomic E-state index is 13.0. The lowest BCUT2D eigenvalue weighted by atomic mass is 9.79. The van der Waals surface area contributed by atoms with Gasteiger partial charge in [0.05, 0.1) is 23.3 Å². The molecule has 2 aromatic rings. The van der Waals surface area contributed by atoms with E-state index in [2.05, 4.69) is 11.1 Å². The highest BCUT2D eigenvalue weighted by molar-refractivity contribution is 8.03. The van der Waals surface area contributed by atoms with Crippen molar-refractivity contribution in [2.45, 2.75) is 19.8 Å². The van der Waals surface area contributed by atoms with Gasteiger partial charge in [0.15, 0.2) is 5.78 Å². The lowest BCUT2D eigenvalue weighted by molar-refractivity contribution is -0.119. The Hall–Kier alpha value is -2.56. The van der Waals surface area contributed by atoms with Gasteiger partial charge in [-0.3, -0.25) is 9.59 Å². The van der Waals surface area contributed by atoms with E-state index in [1.54, 1.807) is 6.92 Å². The van der Waals surface area contributed by atoms with E-state index in [1.807, 2.05) is 17.5 Å². The van der Waals surface area contributed by atoms with E-state index in [-0.39, 0.29) is 23.2 Å². The maximum absolute atomic E-state index is 13.0. The monoisotopic (exact) mass is 412 g/mol. The van der Waals surface area contributed by atoms with Gasteiger partial charge in [-0.15, -0.1) is 11.3 Å². The average molecular weight is 413 g/mol. The SMILES string of the molecule is CC(=O)C1C(C)=NC(SCC(=O)c2ccc(F)cc2)=C(C#N)[C@@H]1c1cccs1. The summed E-state index contributed by atoms with van der Waals surface area (Å²) in [5.41, 5.74) is 1.45. The molecule has 3 rings (SSSR count). The number of carbonyl (C=O) groups is 2. The Kier molecular flexibility index (Phi) is 6.22.